The van der Waals surface area contributed by atoms with Crippen LogP contribution in [-0.2, 0) is 11.3 Å². The number of rotatable bonds is 3. The highest BCUT2D eigenvalue weighted by Crippen LogP contribution is 2.09. The summed E-state index contributed by atoms with van der Waals surface area (Å²) in [5.74, 6) is -0.0394. The molecule has 0 aliphatic carbocycles. The number of hydrogen-bond acceptors (Lipinski definition) is 5. The lowest BCUT2D eigenvalue weighted by Gasteiger charge is -2.34. The number of piperazine rings is 1. The Morgan fingerprint density at radius 3 is 2.52 bits per heavy atom. The van der Waals surface area contributed by atoms with Crippen molar-refractivity contribution in [3.8, 4) is 0 Å². The van der Waals surface area contributed by atoms with Crippen molar-refractivity contribution in [3.63, 3.8) is 0 Å². The fourth-order valence-corrected chi connectivity index (χ4v) is 2.46. The lowest BCUT2D eigenvalue weighted by molar-refractivity contribution is -0.133. The predicted molar refractivity (Wildman–Crippen MR) is 79.7 cm³/mol. The summed E-state index contributed by atoms with van der Waals surface area (Å²) >= 11 is 0. The molecule has 0 unspecified atom stereocenters. The number of carbonyl (C=O) groups excluding carboxylic acids is 2. The number of furan rings is 1. The number of amides is 2. The van der Waals surface area contributed by atoms with Crippen LogP contribution in [-0.4, -0.2) is 57.3 Å². The number of aromatic nitrogens is 2. The van der Waals surface area contributed by atoms with Gasteiger partial charge in [-0.05, 0) is 12.1 Å². The molecular formula is C15H16N4O4. The summed E-state index contributed by atoms with van der Waals surface area (Å²) in [6, 6.07) is 4.60. The maximum absolute atomic E-state index is 12.2. The van der Waals surface area contributed by atoms with Gasteiger partial charge in [-0.1, -0.05) is 0 Å². The molecule has 8 heteroatoms. The Kier molecular flexibility index (Phi) is 4.22. The third-order valence-corrected chi connectivity index (χ3v) is 3.75. The predicted octanol–water partition coefficient (Wildman–Crippen LogP) is -0.179. The van der Waals surface area contributed by atoms with E-state index in [0.29, 0.717) is 31.9 Å². The van der Waals surface area contributed by atoms with Crippen LogP contribution in [0.3, 0.4) is 0 Å². The highest BCUT2D eigenvalue weighted by Gasteiger charge is 2.26. The smallest absolute Gasteiger partial charge is 0.289 e. The molecule has 8 nitrogen and oxygen atoms in total. The van der Waals surface area contributed by atoms with Crippen LogP contribution >= 0.6 is 0 Å². The van der Waals surface area contributed by atoms with E-state index in [0.717, 1.165) is 0 Å². The van der Waals surface area contributed by atoms with Crippen LogP contribution < -0.4 is 5.56 Å². The van der Waals surface area contributed by atoms with Gasteiger partial charge in [-0.15, -0.1) is 0 Å². The minimum Gasteiger partial charge on any atom is -0.459 e. The second-order valence-corrected chi connectivity index (χ2v) is 5.20. The van der Waals surface area contributed by atoms with Gasteiger partial charge in [-0.2, -0.15) is 0 Å². The summed E-state index contributed by atoms with van der Waals surface area (Å²) in [7, 11) is 0. The molecule has 120 valence electrons. The van der Waals surface area contributed by atoms with Crippen LogP contribution in [0.4, 0.5) is 0 Å². The summed E-state index contributed by atoms with van der Waals surface area (Å²) in [5.41, 5.74) is -0.264. The van der Waals surface area contributed by atoms with Crippen molar-refractivity contribution >= 4 is 11.8 Å². The molecule has 3 rings (SSSR count). The Morgan fingerprint density at radius 2 is 1.87 bits per heavy atom. The number of carbonyl (C=O) groups is 2. The third kappa shape index (κ3) is 3.31. The molecule has 3 heterocycles. The van der Waals surface area contributed by atoms with Gasteiger partial charge in [0, 0.05) is 38.4 Å². The molecule has 0 N–H and O–H groups in total. The minimum atomic E-state index is -0.264. The highest BCUT2D eigenvalue weighted by atomic mass is 16.3. The summed E-state index contributed by atoms with van der Waals surface area (Å²) in [6.07, 6.45) is 4.19. The van der Waals surface area contributed by atoms with E-state index in [2.05, 4.69) is 4.98 Å². The topological polar surface area (TPSA) is 88.7 Å². The van der Waals surface area contributed by atoms with E-state index in [1.807, 2.05) is 0 Å². The number of nitrogens with zero attached hydrogens (tertiary/aromatic N) is 4. The standard InChI is InChI=1S/C15H16N4O4/c20-13-3-4-16-11-19(13)10-14(21)17-5-7-18(8-6-17)15(22)12-2-1-9-23-12/h1-4,9,11H,5-8,10H2. The van der Waals surface area contributed by atoms with Gasteiger partial charge < -0.3 is 14.2 Å². The normalized spacial score (nSPS) is 14.8. The molecule has 0 atom stereocenters. The van der Waals surface area contributed by atoms with E-state index in [1.54, 1.807) is 21.9 Å². The Bertz CT molecular complexity index is 745. The molecule has 0 spiro atoms. The van der Waals surface area contributed by atoms with E-state index in [4.69, 9.17) is 4.42 Å². The molecule has 1 aliphatic rings. The molecule has 0 radical (unpaired) electrons. The molecule has 1 aliphatic heterocycles. The van der Waals surface area contributed by atoms with Gasteiger partial charge in [-0.3, -0.25) is 19.0 Å². The first-order valence-corrected chi connectivity index (χ1v) is 7.26. The van der Waals surface area contributed by atoms with Gasteiger partial charge in [0.1, 0.15) is 6.54 Å². The van der Waals surface area contributed by atoms with Crippen molar-refractivity contribution in [1.29, 1.82) is 0 Å². The molecule has 2 aromatic rings. The van der Waals surface area contributed by atoms with Crippen LogP contribution in [0.25, 0.3) is 0 Å². The molecule has 0 aromatic carbocycles. The maximum atomic E-state index is 12.2. The maximum Gasteiger partial charge on any atom is 0.289 e. The van der Waals surface area contributed by atoms with Crippen molar-refractivity contribution in [2.45, 2.75) is 6.54 Å². The third-order valence-electron chi connectivity index (χ3n) is 3.75. The first kappa shape index (κ1) is 15.0. The Hall–Kier alpha value is -2.90. The van der Waals surface area contributed by atoms with E-state index in [9.17, 15) is 14.4 Å². The van der Waals surface area contributed by atoms with Crippen molar-refractivity contribution in [2.24, 2.45) is 0 Å². The number of hydrogen-bond donors (Lipinski definition) is 0. The minimum absolute atomic E-state index is 0.0429. The molecule has 1 saturated heterocycles. The first-order valence-electron chi connectivity index (χ1n) is 7.26. The Labute approximate surface area is 131 Å². The SMILES string of the molecule is O=C(Cn1cnccc1=O)N1CCN(C(=O)c2ccco2)CC1. The van der Waals surface area contributed by atoms with Gasteiger partial charge in [-0.25, -0.2) is 4.98 Å². The van der Waals surface area contributed by atoms with Crippen LogP contribution in [0, 0.1) is 0 Å². The zero-order valence-corrected chi connectivity index (χ0v) is 12.4. The molecule has 2 aromatic heterocycles. The van der Waals surface area contributed by atoms with Crippen LogP contribution in [0.15, 0.2) is 46.2 Å². The fourth-order valence-electron chi connectivity index (χ4n) is 2.46. The van der Waals surface area contributed by atoms with E-state index < -0.39 is 0 Å². The quantitative estimate of drug-likeness (QED) is 0.784. The molecule has 0 bridgehead atoms. The summed E-state index contributed by atoms with van der Waals surface area (Å²) in [4.78, 5) is 43.1. The lowest BCUT2D eigenvalue weighted by Crippen LogP contribution is -2.51. The average Bonchev–Trinajstić information content (AvgIpc) is 3.11. The van der Waals surface area contributed by atoms with Crippen molar-refractivity contribution in [1.82, 2.24) is 19.4 Å². The van der Waals surface area contributed by atoms with E-state index in [1.165, 1.54) is 29.4 Å². The molecule has 23 heavy (non-hydrogen) atoms. The van der Waals surface area contributed by atoms with Crippen molar-refractivity contribution < 1.29 is 14.0 Å². The van der Waals surface area contributed by atoms with Gasteiger partial charge >= 0.3 is 0 Å². The summed E-state index contributed by atoms with van der Waals surface area (Å²) in [6.45, 7) is 1.69. The molecular weight excluding hydrogens is 300 g/mol. The average molecular weight is 316 g/mol. The van der Waals surface area contributed by atoms with Crippen molar-refractivity contribution in [3.05, 3.63) is 53.1 Å². The van der Waals surface area contributed by atoms with Crippen LogP contribution in [0.1, 0.15) is 10.6 Å². The lowest BCUT2D eigenvalue weighted by atomic mass is 10.2. The van der Waals surface area contributed by atoms with Gasteiger partial charge in [0.15, 0.2) is 5.76 Å². The second-order valence-electron chi connectivity index (χ2n) is 5.20. The van der Waals surface area contributed by atoms with Gasteiger partial charge in [0.05, 0.1) is 12.6 Å². The van der Waals surface area contributed by atoms with Crippen molar-refractivity contribution in [2.75, 3.05) is 26.2 Å². The zero-order chi connectivity index (χ0) is 16.2. The monoisotopic (exact) mass is 316 g/mol. The summed E-state index contributed by atoms with van der Waals surface area (Å²) in [5, 5.41) is 0. The van der Waals surface area contributed by atoms with E-state index >= 15 is 0 Å². The summed E-state index contributed by atoms with van der Waals surface area (Å²) < 4.78 is 6.36. The zero-order valence-electron chi connectivity index (χ0n) is 12.4. The second kappa shape index (κ2) is 6.47. The van der Waals surface area contributed by atoms with Crippen LogP contribution in [0.2, 0.25) is 0 Å². The van der Waals surface area contributed by atoms with Crippen LogP contribution in [0.5, 0.6) is 0 Å². The highest BCUT2D eigenvalue weighted by molar-refractivity contribution is 5.91. The largest absolute Gasteiger partial charge is 0.459 e. The molecule has 0 saturated carbocycles. The van der Waals surface area contributed by atoms with E-state index in [-0.39, 0.29) is 23.9 Å². The van der Waals surface area contributed by atoms with Gasteiger partial charge in [0.2, 0.25) is 5.91 Å². The Balaban J connectivity index is 1.56. The molecule has 2 amide bonds. The van der Waals surface area contributed by atoms with Gasteiger partial charge in [0.25, 0.3) is 11.5 Å². The Morgan fingerprint density at radius 1 is 1.13 bits per heavy atom. The molecule has 1 fully saturated rings. The first-order chi connectivity index (χ1) is 11.1. The fraction of sp³-hybridized carbons (Fsp3) is 0.333.